The van der Waals surface area contributed by atoms with Crippen LogP contribution in [0.3, 0.4) is 0 Å². The molecule has 4 N–H and O–H groups in total. The quantitative estimate of drug-likeness (QED) is 0.338. The number of carbonyl (C=O) groups excluding carboxylic acids is 2. The number of fused-ring (bicyclic) bond motifs is 1. The Bertz CT molecular complexity index is 1120. The number of hydrogen-bond acceptors (Lipinski definition) is 4. The van der Waals surface area contributed by atoms with E-state index in [1.165, 1.54) is 30.3 Å². The molecule has 0 radical (unpaired) electrons. The van der Waals surface area contributed by atoms with Crippen LogP contribution >= 0.6 is 0 Å². The molecular weight excluding hydrogens is 401 g/mol. The van der Waals surface area contributed by atoms with Gasteiger partial charge in [0.25, 0.3) is 0 Å². The van der Waals surface area contributed by atoms with E-state index < -0.39 is 18.2 Å². The Kier molecular flexibility index (Phi) is 5.58. The van der Waals surface area contributed by atoms with Gasteiger partial charge in [-0.25, -0.2) is 9.59 Å². The summed E-state index contributed by atoms with van der Waals surface area (Å²) in [6.07, 6.45) is -5.29. The first-order chi connectivity index (χ1) is 14.1. The van der Waals surface area contributed by atoms with Gasteiger partial charge in [-0.1, -0.05) is 36.4 Å². The van der Waals surface area contributed by atoms with Gasteiger partial charge in [-0.15, -0.1) is 5.06 Å². The molecule has 10 heteroatoms. The van der Waals surface area contributed by atoms with Gasteiger partial charge in [0.2, 0.25) is 0 Å². The van der Waals surface area contributed by atoms with Crippen LogP contribution in [0, 0.1) is 5.41 Å². The minimum absolute atomic E-state index is 0.107. The van der Waals surface area contributed by atoms with Gasteiger partial charge in [0.1, 0.15) is 5.84 Å². The SMILES string of the molecule is N=C(N)c1ccc2cc(N(OC(=O)C(F)(F)F)C(=O)Nc3ccccc3)ccc2c1. The third kappa shape index (κ3) is 4.66. The monoisotopic (exact) mass is 416 g/mol. The number of nitrogens with one attached hydrogen (secondary N) is 2. The molecule has 0 fully saturated rings. The summed E-state index contributed by atoms with van der Waals surface area (Å²) in [4.78, 5) is 28.3. The number of nitrogens with two attached hydrogens (primary N) is 1. The minimum atomic E-state index is -5.29. The van der Waals surface area contributed by atoms with Crippen LogP contribution in [0.15, 0.2) is 66.7 Å². The fourth-order valence-corrected chi connectivity index (χ4v) is 2.57. The van der Waals surface area contributed by atoms with E-state index in [4.69, 9.17) is 11.1 Å². The summed E-state index contributed by atoms with van der Waals surface area (Å²) >= 11 is 0. The molecule has 7 nitrogen and oxygen atoms in total. The summed E-state index contributed by atoms with van der Waals surface area (Å²) in [5.74, 6) is -2.69. The van der Waals surface area contributed by atoms with Crippen LogP contribution < -0.4 is 16.1 Å². The highest BCUT2D eigenvalue weighted by molar-refractivity contribution is 6.04. The molecule has 154 valence electrons. The zero-order valence-corrected chi connectivity index (χ0v) is 15.2. The average Bonchev–Trinajstić information content (AvgIpc) is 2.70. The first-order valence-electron chi connectivity index (χ1n) is 8.48. The maximum Gasteiger partial charge on any atom is 0.493 e. The summed E-state index contributed by atoms with van der Waals surface area (Å²) in [5.41, 5.74) is 6.09. The Morgan fingerprint density at radius 1 is 0.967 bits per heavy atom. The predicted molar refractivity (Wildman–Crippen MR) is 105 cm³/mol. The van der Waals surface area contributed by atoms with Crippen molar-refractivity contribution in [2.75, 3.05) is 10.4 Å². The van der Waals surface area contributed by atoms with Crippen molar-refractivity contribution in [3.8, 4) is 0 Å². The van der Waals surface area contributed by atoms with Crippen molar-refractivity contribution in [1.82, 2.24) is 0 Å². The van der Waals surface area contributed by atoms with Gasteiger partial charge in [0.05, 0.1) is 5.69 Å². The minimum Gasteiger partial charge on any atom is -0.384 e. The van der Waals surface area contributed by atoms with Crippen LogP contribution in [0.1, 0.15) is 5.56 Å². The molecule has 0 aromatic heterocycles. The molecule has 0 saturated carbocycles. The van der Waals surface area contributed by atoms with E-state index in [1.54, 1.807) is 36.4 Å². The second-order valence-corrected chi connectivity index (χ2v) is 6.13. The fourth-order valence-electron chi connectivity index (χ4n) is 2.57. The summed E-state index contributed by atoms with van der Waals surface area (Å²) in [5, 5.41) is 11.2. The topological polar surface area (TPSA) is 109 Å². The number of alkyl halides is 3. The molecule has 3 rings (SSSR count). The number of amides is 2. The molecule has 3 aromatic rings. The molecule has 0 aliphatic carbocycles. The van der Waals surface area contributed by atoms with Crippen LogP contribution in [-0.4, -0.2) is 24.0 Å². The molecule has 0 aliphatic rings. The van der Waals surface area contributed by atoms with E-state index in [2.05, 4.69) is 10.2 Å². The van der Waals surface area contributed by atoms with E-state index in [-0.39, 0.29) is 16.6 Å². The van der Waals surface area contributed by atoms with Crippen molar-refractivity contribution in [3.63, 3.8) is 0 Å². The highest BCUT2D eigenvalue weighted by atomic mass is 19.4. The van der Waals surface area contributed by atoms with E-state index >= 15 is 0 Å². The molecule has 2 amide bonds. The highest BCUT2D eigenvalue weighted by Gasteiger charge is 2.43. The lowest BCUT2D eigenvalue weighted by atomic mass is 10.1. The lowest BCUT2D eigenvalue weighted by molar-refractivity contribution is -0.199. The maximum absolute atomic E-state index is 12.7. The van der Waals surface area contributed by atoms with Gasteiger partial charge in [0.15, 0.2) is 0 Å². The lowest BCUT2D eigenvalue weighted by Gasteiger charge is -2.22. The summed E-state index contributed by atoms with van der Waals surface area (Å²) in [6.45, 7) is 0. The van der Waals surface area contributed by atoms with Crippen molar-refractivity contribution in [1.29, 1.82) is 5.41 Å². The number of nitrogens with zero attached hydrogens (tertiary/aromatic N) is 1. The number of hydrogen-bond donors (Lipinski definition) is 3. The number of carbonyl (C=O) groups is 2. The van der Waals surface area contributed by atoms with Crippen LogP contribution in [0.5, 0.6) is 0 Å². The highest BCUT2D eigenvalue weighted by Crippen LogP contribution is 2.26. The van der Waals surface area contributed by atoms with Gasteiger partial charge < -0.3 is 15.9 Å². The van der Waals surface area contributed by atoms with Crippen LogP contribution in [0.25, 0.3) is 10.8 Å². The van der Waals surface area contributed by atoms with Gasteiger partial charge in [-0.3, -0.25) is 5.41 Å². The van der Waals surface area contributed by atoms with Crippen molar-refractivity contribution in [3.05, 3.63) is 72.3 Å². The van der Waals surface area contributed by atoms with Crippen LogP contribution in [-0.2, 0) is 9.63 Å². The number of rotatable bonds is 3. The number of hydroxylamine groups is 1. The van der Waals surface area contributed by atoms with Crippen molar-refractivity contribution < 1.29 is 27.6 Å². The number of para-hydroxylation sites is 1. The number of amidine groups is 1. The molecule has 0 aliphatic heterocycles. The second-order valence-electron chi connectivity index (χ2n) is 6.13. The number of halogens is 3. The van der Waals surface area contributed by atoms with Gasteiger partial charge in [-0.2, -0.15) is 13.2 Å². The third-order valence-electron chi connectivity index (χ3n) is 3.98. The van der Waals surface area contributed by atoms with E-state index in [1.807, 2.05) is 0 Å². The summed E-state index contributed by atoms with van der Waals surface area (Å²) < 4.78 is 38.2. The zero-order chi connectivity index (χ0) is 21.9. The molecule has 0 spiro atoms. The van der Waals surface area contributed by atoms with E-state index in [9.17, 15) is 22.8 Å². The number of anilines is 2. The Balaban J connectivity index is 1.97. The summed E-state index contributed by atoms with van der Waals surface area (Å²) in [7, 11) is 0. The number of nitrogen functional groups attached to an aromatic ring is 1. The first-order valence-corrected chi connectivity index (χ1v) is 8.48. The largest absolute Gasteiger partial charge is 0.493 e. The fraction of sp³-hybridized carbons (Fsp3) is 0.0500. The van der Waals surface area contributed by atoms with E-state index in [0.29, 0.717) is 22.0 Å². The molecule has 3 aromatic carbocycles. The normalized spacial score (nSPS) is 11.0. The predicted octanol–water partition coefficient (Wildman–Crippen LogP) is 4.18. The first kappa shape index (κ1) is 20.6. The molecule has 0 heterocycles. The molecular formula is C20H15F3N4O3. The number of urea groups is 1. The van der Waals surface area contributed by atoms with E-state index in [0.717, 1.165) is 0 Å². The smallest absolute Gasteiger partial charge is 0.384 e. The average molecular weight is 416 g/mol. The van der Waals surface area contributed by atoms with Crippen LogP contribution in [0.2, 0.25) is 0 Å². The van der Waals surface area contributed by atoms with Gasteiger partial charge in [-0.05, 0) is 41.1 Å². The standard InChI is InChI=1S/C20H15F3N4O3/c21-20(22,23)18(28)30-27(19(29)26-15-4-2-1-3-5-15)16-9-8-12-10-14(17(24)25)7-6-13(12)11-16/h1-11H,(H3,24,25)(H,26,29). The van der Waals surface area contributed by atoms with Crippen molar-refractivity contribution in [2.45, 2.75) is 6.18 Å². The summed E-state index contributed by atoms with van der Waals surface area (Å²) in [6, 6.07) is 15.8. The second kappa shape index (κ2) is 8.11. The van der Waals surface area contributed by atoms with Gasteiger partial charge in [0, 0.05) is 11.3 Å². The Morgan fingerprint density at radius 3 is 2.23 bits per heavy atom. The molecule has 0 saturated heterocycles. The Morgan fingerprint density at radius 2 is 1.60 bits per heavy atom. The number of benzene rings is 3. The van der Waals surface area contributed by atoms with Crippen molar-refractivity contribution >= 4 is 40.0 Å². The van der Waals surface area contributed by atoms with Crippen molar-refractivity contribution in [2.24, 2.45) is 5.73 Å². The van der Waals surface area contributed by atoms with Gasteiger partial charge >= 0.3 is 18.2 Å². The Hall–Kier alpha value is -4.08. The third-order valence-corrected chi connectivity index (χ3v) is 3.98. The maximum atomic E-state index is 12.7. The molecule has 30 heavy (non-hydrogen) atoms. The van der Waals surface area contributed by atoms with Crippen LogP contribution in [0.4, 0.5) is 29.3 Å². The molecule has 0 bridgehead atoms. The Labute approximate surface area is 168 Å². The molecule has 0 unspecified atom stereocenters. The molecule has 0 atom stereocenters. The lowest BCUT2D eigenvalue weighted by Crippen LogP contribution is -2.41. The zero-order valence-electron chi connectivity index (χ0n) is 15.2.